The molecule has 1 fully saturated rings. The van der Waals surface area contributed by atoms with Crippen molar-refractivity contribution in [3.05, 3.63) is 47.5 Å². The second kappa shape index (κ2) is 9.50. The molecule has 0 amide bonds. The Balaban J connectivity index is 1.59. The highest BCUT2D eigenvalue weighted by molar-refractivity contribution is 5.79. The first-order chi connectivity index (χ1) is 13.6. The molecule has 1 aliphatic heterocycles. The molecule has 2 heterocycles. The van der Waals surface area contributed by atoms with Crippen molar-refractivity contribution in [3.63, 3.8) is 0 Å². The number of alkyl halides is 2. The van der Waals surface area contributed by atoms with Gasteiger partial charge >= 0.3 is 6.55 Å². The SMILES string of the molecule is CN=C(NCc1ccc(C)cc1OC1CCOC1)NCc1nccn1C(F)F. The predicted molar refractivity (Wildman–Crippen MR) is 102 cm³/mol. The first kappa shape index (κ1) is 20.1. The fourth-order valence-corrected chi connectivity index (χ4v) is 2.92. The van der Waals surface area contributed by atoms with E-state index in [0.29, 0.717) is 19.1 Å². The first-order valence-corrected chi connectivity index (χ1v) is 9.15. The summed E-state index contributed by atoms with van der Waals surface area (Å²) >= 11 is 0. The number of guanidine groups is 1. The largest absolute Gasteiger partial charge is 0.488 e. The lowest BCUT2D eigenvalue weighted by atomic mass is 10.1. The van der Waals surface area contributed by atoms with Crippen LogP contribution in [0.2, 0.25) is 0 Å². The number of imidazole rings is 1. The van der Waals surface area contributed by atoms with Crippen LogP contribution in [0.5, 0.6) is 5.75 Å². The number of ether oxygens (including phenoxy) is 2. The highest BCUT2D eigenvalue weighted by atomic mass is 19.3. The molecule has 1 aliphatic rings. The summed E-state index contributed by atoms with van der Waals surface area (Å²) in [6.07, 6.45) is 3.54. The summed E-state index contributed by atoms with van der Waals surface area (Å²) in [5, 5.41) is 6.19. The van der Waals surface area contributed by atoms with Crippen LogP contribution in [0.1, 0.15) is 29.9 Å². The van der Waals surface area contributed by atoms with E-state index in [0.717, 1.165) is 34.5 Å². The molecule has 0 saturated carbocycles. The molecule has 1 saturated heterocycles. The van der Waals surface area contributed by atoms with Gasteiger partial charge in [-0.15, -0.1) is 0 Å². The molecule has 9 heteroatoms. The molecule has 1 atom stereocenters. The van der Waals surface area contributed by atoms with E-state index in [9.17, 15) is 8.78 Å². The summed E-state index contributed by atoms with van der Waals surface area (Å²) in [5.41, 5.74) is 2.09. The van der Waals surface area contributed by atoms with Crippen molar-refractivity contribution in [2.45, 2.75) is 39.1 Å². The highest BCUT2D eigenvalue weighted by Gasteiger charge is 2.19. The molecule has 0 aliphatic carbocycles. The van der Waals surface area contributed by atoms with E-state index in [2.05, 4.69) is 20.6 Å². The summed E-state index contributed by atoms with van der Waals surface area (Å²) in [4.78, 5) is 8.09. The normalized spacial score (nSPS) is 17.2. The van der Waals surface area contributed by atoms with Gasteiger partial charge in [-0.25, -0.2) is 4.98 Å². The minimum atomic E-state index is -2.62. The van der Waals surface area contributed by atoms with Crippen LogP contribution in [-0.4, -0.2) is 41.9 Å². The van der Waals surface area contributed by atoms with E-state index in [4.69, 9.17) is 9.47 Å². The van der Waals surface area contributed by atoms with E-state index < -0.39 is 6.55 Å². The number of nitrogens with zero attached hydrogens (tertiary/aromatic N) is 3. The van der Waals surface area contributed by atoms with Crippen molar-refractivity contribution in [2.75, 3.05) is 20.3 Å². The lowest BCUT2D eigenvalue weighted by Crippen LogP contribution is -2.37. The summed E-state index contributed by atoms with van der Waals surface area (Å²) in [7, 11) is 1.62. The van der Waals surface area contributed by atoms with E-state index in [-0.39, 0.29) is 18.5 Å². The zero-order chi connectivity index (χ0) is 19.9. The molecule has 0 radical (unpaired) electrons. The van der Waals surface area contributed by atoms with Crippen LogP contribution in [0.4, 0.5) is 8.78 Å². The molecule has 1 aromatic heterocycles. The molecule has 3 rings (SSSR count). The standard InChI is InChI=1S/C19H25F2N5O2/c1-13-3-4-14(16(9-13)28-15-5-8-27-12-15)10-24-19(22-2)25-11-17-23-6-7-26(17)18(20)21/h3-4,6-7,9,15,18H,5,8,10-12H2,1-2H3,(H2,22,24,25). The number of aryl methyl sites for hydroxylation is 1. The Bertz CT molecular complexity index is 803. The van der Waals surface area contributed by atoms with Gasteiger partial charge < -0.3 is 20.1 Å². The Morgan fingerprint density at radius 2 is 2.21 bits per heavy atom. The lowest BCUT2D eigenvalue weighted by Gasteiger charge is -2.18. The number of hydrogen-bond acceptors (Lipinski definition) is 4. The van der Waals surface area contributed by atoms with Gasteiger partial charge in [-0.3, -0.25) is 9.56 Å². The van der Waals surface area contributed by atoms with Crippen LogP contribution < -0.4 is 15.4 Å². The van der Waals surface area contributed by atoms with E-state index in [1.54, 1.807) is 7.05 Å². The van der Waals surface area contributed by atoms with Crippen molar-refractivity contribution in [3.8, 4) is 5.75 Å². The maximum atomic E-state index is 12.9. The monoisotopic (exact) mass is 393 g/mol. The third kappa shape index (κ3) is 5.19. The zero-order valence-corrected chi connectivity index (χ0v) is 16.0. The molecular formula is C19H25F2N5O2. The van der Waals surface area contributed by atoms with Gasteiger partial charge in [0.15, 0.2) is 5.96 Å². The highest BCUT2D eigenvalue weighted by Crippen LogP contribution is 2.23. The second-order valence-electron chi connectivity index (χ2n) is 6.52. The van der Waals surface area contributed by atoms with Crippen molar-refractivity contribution in [1.82, 2.24) is 20.2 Å². The summed E-state index contributed by atoms with van der Waals surface area (Å²) < 4.78 is 38.1. The van der Waals surface area contributed by atoms with Crippen molar-refractivity contribution < 1.29 is 18.3 Å². The Labute approximate surface area is 162 Å². The molecule has 0 bridgehead atoms. The lowest BCUT2D eigenvalue weighted by molar-refractivity contribution is 0.0668. The Morgan fingerprint density at radius 3 is 2.93 bits per heavy atom. The van der Waals surface area contributed by atoms with Gasteiger partial charge in [-0.05, 0) is 18.6 Å². The third-order valence-electron chi connectivity index (χ3n) is 4.45. The average Bonchev–Trinajstić information content (AvgIpc) is 3.35. The molecule has 1 aromatic carbocycles. The summed E-state index contributed by atoms with van der Waals surface area (Å²) in [5.74, 6) is 1.53. The van der Waals surface area contributed by atoms with Gasteiger partial charge in [0.05, 0.1) is 19.8 Å². The third-order valence-corrected chi connectivity index (χ3v) is 4.45. The number of halogens is 2. The average molecular weight is 393 g/mol. The Morgan fingerprint density at radius 1 is 1.39 bits per heavy atom. The van der Waals surface area contributed by atoms with E-state index >= 15 is 0 Å². The zero-order valence-electron chi connectivity index (χ0n) is 16.0. The fraction of sp³-hybridized carbons (Fsp3) is 0.474. The fourth-order valence-electron chi connectivity index (χ4n) is 2.92. The van der Waals surface area contributed by atoms with Gasteiger partial charge in [-0.1, -0.05) is 12.1 Å². The maximum absolute atomic E-state index is 12.9. The number of rotatable bonds is 7. The van der Waals surface area contributed by atoms with Gasteiger partial charge in [0, 0.05) is 38.0 Å². The minimum Gasteiger partial charge on any atom is -0.488 e. The molecule has 152 valence electrons. The van der Waals surface area contributed by atoms with Crippen LogP contribution in [-0.2, 0) is 17.8 Å². The van der Waals surface area contributed by atoms with E-state index in [1.165, 1.54) is 12.4 Å². The molecular weight excluding hydrogens is 368 g/mol. The Kier molecular flexibility index (Phi) is 6.80. The summed E-state index contributed by atoms with van der Waals surface area (Å²) in [6, 6.07) is 6.03. The van der Waals surface area contributed by atoms with E-state index in [1.807, 2.05) is 25.1 Å². The van der Waals surface area contributed by atoms with Crippen LogP contribution in [0.15, 0.2) is 35.6 Å². The molecule has 7 nitrogen and oxygen atoms in total. The minimum absolute atomic E-state index is 0.0613. The quantitative estimate of drug-likeness (QED) is 0.559. The number of benzene rings is 1. The molecule has 1 unspecified atom stereocenters. The van der Waals surface area contributed by atoms with Gasteiger partial charge in [0.2, 0.25) is 0 Å². The van der Waals surface area contributed by atoms with Crippen molar-refractivity contribution in [1.29, 1.82) is 0 Å². The van der Waals surface area contributed by atoms with Gasteiger partial charge in [-0.2, -0.15) is 8.78 Å². The molecule has 28 heavy (non-hydrogen) atoms. The van der Waals surface area contributed by atoms with Gasteiger partial charge in [0.1, 0.15) is 17.7 Å². The van der Waals surface area contributed by atoms with Crippen LogP contribution >= 0.6 is 0 Å². The van der Waals surface area contributed by atoms with Gasteiger partial charge in [0.25, 0.3) is 0 Å². The maximum Gasteiger partial charge on any atom is 0.319 e. The molecule has 2 N–H and O–H groups in total. The van der Waals surface area contributed by atoms with Crippen molar-refractivity contribution in [2.24, 2.45) is 4.99 Å². The Hall–Kier alpha value is -2.68. The number of aromatic nitrogens is 2. The molecule has 2 aromatic rings. The van der Waals surface area contributed by atoms with Crippen LogP contribution in [0.3, 0.4) is 0 Å². The number of nitrogens with one attached hydrogen (secondary N) is 2. The number of hydrogen-bond donors (Lipinski definition) is 2. The topological polar surface area (TPSA) is 72.7 Å². The predicted octanol–water partition coefficient (Wildman–Crippen LogP) is 2.62. The van der Waals surface area contributed by atoms with Crippen LogP contribution in [0.25, 0.3) is 0 Å². The summed E-state index contributed by atoms with van der Waals surface area (Å²) in [6.45, 7) is 1.32. The molecule has 0 spiro atoms. The number of aliphatic imine (C=N–C) groups is 1. The second-order valence-corrected chi connectivity index (χ2v) is 6.52. The van der Waals surface area contributed by atoms with Crippen molar-refractivity contribution >= 4 is 5.96 Å². The first-order valence-electron chi connectivity index (χ1n) is 9.15. The smallest absolute Gasteiger partial charge is 0.319 e. The van der Waals surface area contributed by atoms with Crippen LogP contribution in [0, 0.1) is 6.92 Å².